The molecule has 11 heteroatoms. The minimum atomic E-state index is -2.56. The molecule has 2 aromatic rings. The van der Waals surface area contributed by atoms with Crippen LogP contribution in [0.15, 0.2) is 71.7 Å². The van der Waals surface area contributed by atoms with Gasteiger partial charge in [-0.3, -0.25) is 4.98 Å². The Hall–Kier alpha value is -2.76. The summed E-state index contributed by atoms with van der Waals surface area (Å²) in [5.41, 5.74) is 1.26. The van der Waals surface area contributed by atoms with E-state index in [9.17, 15) is 13.6 Å². The van der Waals surface area contributed by atoms with Crippen molar-refractivity contribution in [2.45, 2.75) is 38.5 Å². The number of hydrogen-bond acceptors (Lipinski definition) is 7. The first-order valence-corrected chi connectivity index (χ1v) is 15.1. The molecule has 0 spiro atoms. The van der Waals surface area contributed by atoms with Crippen molar-refractivity contribution in [1.29, 1.82) is 0 Å². The molecule has 5 nitrogen and oxygen atoms in total. The number of halogens is 3. The normalized spacial score (nSPS) is 15.2. The van der Waals surface area contributed by atoms with Crippen molar-refractivity contribution in [1.82, 2.24) is 9.88 Å². The van der Waals surface area contributed by atoms with Gasteiger partial charge in [-0.05, 0) is 52.8 Å². The molecule has 1 aliphatic rings. The molecule has 1 aliphatic heterocycles. The van der Waals surface area contributed by atoms with Gasteiger partial charge in [0.25, 0.3) is 0 Å². The molecule has 1 N–H and O–H groups in total. The largest absolute Gasteiger partial charge is 0.463 e. The second kappa shape index (κ2) is 12.2. The molecule has 0 atom stereocenters. The standard InChI is InChI=1S/C26H28F3N3O2S3/c1-5-8-19(26(33)34-7-3)22-12-9-17(15-32(22)6-2)24-20(28)10-11-21(25(24)29)31-37(35,36)23-13-18(27)14-30-16(23)4/h6,9-15,31,35-36H,2,5,7-8H2,1,3-4H3/b22-19+. The maximum atomic E-state index is 15.7. The van der Waals surface area contributed by atoms with Gasteiger partial charge in [-0.2, -0.15) is 0 Å². The van der Waals surface area contributed by atoms with E-state index in [0.717, 1.165) is 12.3 Å². The zero-order chi connectivity index (χ0) is 27.3. The predicted molar refractivity (Wildman–Crippen MR) is 150 cm³/mol. The Balaban J connectivity index is 2.04. The molecular weight excluding hydrogens is 540 g/mol. The van der Waals surface area contributed by atoms with Crippen molar-refractivity contribution >= 4 is 48.8 Å². The number of anilines is 1. The number of pyridine rings is 1. The Morgan fingerprint density at radius 2 is 1.97 bits per heavy atom. The van der Waals surface area contributed by atoms with E-state index in [0.29, 0.717) is 34.7 Å². The van der Waals surface area contributed by atoms with E-state index in [2.05, 4.69) is 39.6 Å². The van der Waals surface area contributed by atoms with Crippen molar-refractivity contribution in [3.63, 3.8) is 0 Å². The summed E-state index contributed by atoms with van der Waals surface area (Å²) in [6.45, 7) is 9.31. The Morgan fingerprint density at radius 3 is 2.62 bits per heavy atom. The monoisotopic (exact) mass is 567 g/mol. The molecule has 0 radical (unpaired) electrons. The van der Waals surface area contributed by atoms with Crippen LogP contribution < -0.4 is 4.72 Å². The van der Waals surface area contributed by atoms with E-state index in [1.54, 1.807) is 19.9 Å². The van der Waals surface area contributed by atoms with Gasteiger partial charge in [0.05, 0.1) is 41.0 Å². The molecule has 0 bridgehead atoms. The fourth-order valence-corrected chi connectivity index (χ4v) is 6.77. The summed E-state index contributed by atoms with van der Waals surface area (Å²) in [5.74, 6) is -2.72. The lowest BCUT2D eigenvalue weighted by atomic mass is 9.99. The van der Waals surface area contributed by atoms with Gasteiger partial charge in [0.1, 0.15) is 11.6 Å². The average Bonchev–Trinajstić information content (AvgIpc) is 2.86. The van der Waals surface area contributed by atoms with E-state index < -0.39 is 31.7 Å². The lowest BCUT2D eigenvalue weighted by Crippen LogP contribution is -2.19. The number of carbonyl (C=O) groups is 1. The average molecular weight is 568 g/mol. The molecule has 0 amide bonds. The second-order valence-corrected chi connectivity index (χ2v) is 13.9. The van der Waals surface area contributed by atoms with Crippen LogP contribution in [-0.4, -0.2) is 22.5 Å². The third-order valence-corrected chi connectivity index (χ3v) is 8.71. The number of nitrogens with one attached hydrogen (secondary N) is 1. The molecule has 1 aromatic carbocycles. The number of nitrogens with zero attached hydrogens (tertiary/aromatic N) is 2. The molecule has 0 unspecified atom stereocenters. The zero-order valence-electron chi connectivity index (χ0n) is 20.6. The first kappa shape index (κ1) is 28.8. The smallest absolute Gasteiger partial charge is 0.336 e. The summed E-state index contributed by atoms with van der Waals surface area (Å²) >= 11 is 9.06. The van der Waals surface area contributed by atoms with E-state index >= 15 is 4.39 Å². The lowest BCUT2D eigenvalue weighted by molar-refractivity contribution is -0.138. The van der Waals surface area contributed by atoms with Gasteiger partial charge >= 0.3 is 5.97 Å². The van der Waals surface area contributed by atoms with Gasteiger partial charge in [0.2, 0.25) is 0 Å². The van der Waals surface area contributed by atoms with E-state index in [-0.39, 0.29) is 23.4 Å². The third-order valence-electron chi connectivity index (χ3n) is 5.45. The van der Waals surface area contributed by atoms with Crippen LogP contribution >= 0.6 is 31.6 Å². The minimum Gasteiger partial charge on any atom is -0.463 e. The van der Waals surface area contributed by atoms with Crippen molar-refractivity contribution in [3.05, 3.63) is 95.5 Å². The molecule has 0 aliphatic carbocycles. The van der Waals surface area contributed by atoms with Crippen molar-refractivity contribution in [3.8, 4) is 0 Å². The fourth-order valence-electron chi connectivity index (χ4n) is 3.76. The highest BCUT2D eigenvalue weighted by Crippen LogP contribution is 2.64. The van der Waals surface area contributed by atoms with Crippen LogP contribution in [0.3, 0.4) is 0 Å². The summed E-state index contributed by atoms with van der Waals surface area (Å²) in [5, 5.41) is 0. The molecule has 0 saturated carbocycles. The number of ether oxygens (including phenoxy) is 1. The number of carbonyl (C=O) groups excluding carboxylic acids is 1. The number of benzene rings is 1. The molecule has 3 rings (SSSR count). The first-order chi connectivity index (χ1) is 17.5. The van der Waals surface area contributed by atoms with E-state index in [1.807, 2.05) is 6.92 Å². The molecule has 0 saturated heterocycles. The van der Waals surface area contributed by atoms with Crippen LogP contribution in [0.25, 0.3) is 5.57 Å². The van der Waals surface area contributed by atoms with Crippen molar-refractivity contribution in [2.24, 2.45) is 0 Å². The SMILES string of the molecule is C=CN1C=C(c2c(F)ccc(NS(S)(S)c3cc(F)cnc3C)c2F)C=C/C1=C(/CCC)C(=O)OCC. The Labute approximate surface area is 226 Å². The van der Waals surface area contributed by atoms with E-state index in [1.165, 1.54) is 35.5 Å². The highest BCUT2D eigenvalue weighted by Gasteiger charge is 2.27. The maximum absolute atomic E-state index is 15.7. The predicted octanol–water partition coefficient (Wildman–Crippen LogP) is 7.66. The third kappa shape index (κ3) is 6.39. The number of aryl methyl sites for hydroxylation is 1. The number of hydrogen-bond donors (Lipinski definition) is 3. The van der Waals surface area contributed by atoms with Crippen LogP contribution in [-0.2, 0) is 9.53 Å². The first-order valence-electron chi connectivity index (χ1n) is 11.4. The topological polar surface area (TPSA) is 54.5 Å². The number of esters is 1. The summed E-state index contributed by atoms with van der Waals surface area (Å²) in [6, 6.07) is 3.58. The quantitative estimate of drug-likeness (QED) is 0.126. The zero-order valence-corrected chi connectivity index (χ0v) is 23.2. The minimum absolute atomic E-state index is 0.0703. The second-order valence-electron chi connectivity index (χ2n) is 8.01. The summed E-state index contributed by atoms with van der Waals surface area (Å²) < 4.78 is 52.6. The molecule has 2 heterocycles. The Kier molecular flexibility index (Phi) is 9.49. The van der Waals surface area contributed by atoms with Gasteiger partial charge in [0, 0.05) is 22.9 Å². The highest BCUT2D eigenvalue weighted by atomic mass is 33.5. The maximum Gasteiger partial charge on any atom is 0.336 e. The Bertz CT molecular complexity index is 1310. The summed E-state index contributed by atoms with van der Waals surface area (Å²) in [6.07, 6.45) is 8.28. The molecular formula is C26H28F3N3O2S3. The molecule has 37 heavy (non-hydrogen) atoms. The van der Waals surface area contributed by atoms with E-state index in [4.69, 9.17) is 4.74 Å². The Morgan fingerprint density at radius 1 is 1.24 bits per heavy atom. The van der Waals surface area contributed by atoms with Crippen LogP contribution in [0.4, 0.5) is 18.9 Å². The fraction of sp³-hybridized carbons (Fsp3) is 0.231. The van der Waals surface area contributed by atoms with Crippen molar-refractivity contribution in [2.75, 3.05) is 11.3 Å². The van der Waals surface area contributed by atoms with Gasteiger partial charge in [-0.25, -0.2) is 18.0 Å². The molecule has 1 aromatic heterocycles. The van der Waals surface area contributed by atoms with Gasteiger partial charge < -0.3 is 14.4 Å². The van der Waals surface area contributed by atoms with Crippen LogP contribution in [0.1, 0.15) is 37.9 Å². The number of allylic oxidation sites excluding steroid dienone is 3. The summed E-state index contributed by atoms with van der Waals surface area (Å²) in [4.78, 5) is 18.4. The lowest BCUT2D eigenvalue weighted by Gasteiger charge is -2.32. The van der Waals surface area contributed by atoms with Crippen LogP contribution in [0, 0.1) is 24.4 Å². The van der Waals surface area contributed by atoms with Gasteiger partial charge in [0.15, 0.2) is 5.82 Å². The summed E-state index contributed by atoms with van der Waals surface area (Å²) in [7, 11) is -2.56. The van der Waals surface area contributed by atoms with Crippen molar-refractivity contribution < 1.29 is 22.7 Å². The van der Waals surface area contributed by atoms with Crippen LogP contribution in [0.2, 0.25) is 0 Å². The highest BCUT2D eigenvalue weighted by molar-refractivity contribution is 9.18. The molecule has 0 fully saturated rings. The van der Waals surface area contributed by atoms with Crippen LogP contribution in [0.5, 0.6) is 0 Å². The van der Waals surface area contributed by atoms with Gasteiger partial charge in [-0.15, -0.1) is 0 Å². The number of aromatic nitrogens is 1. The number of rotatable bonds is 9. The molecule has 198 valence electrons. The van der Waals surface area contributed by atoms with Gasteiger partial charge in [-0.1, -0.05) is 49.3 Å². The number of thiol groups is 2.